The van der Waals surface area contributed by atoms with Gasteiger partial charge in [0.25, 0.3) is 0 Å². The fourth-order valence-electron chi connectivity index (χ4n) is 4.62. The molecule has 0 fully saturated rings. The fraction of sp³-hybridized carbons (Fsp3) is 0.229. The Labute approximate surface area is 297 Å². The second kappa shape index (κ2) is 22.3. The molecule has 235 valence electrons. The van der Waals surface area contributed by atoms with Crippen molar-refractivity contribution in [3.63, 3.8) is 0 Å². The number of aromatic nitrogens is 4. The Hall–Kier alpha value is -2.26. The van der Waals surface area contributed by atoms with E-state index in [9.17, 15) is 0 Å². The summed E-state index contributed by atoms with van der Waals surface area (Å²) < 4.78 is 0. The van der Waals surface area contributed by atoms with Gasteiger partial charge in [-0.1, -0.05) is 48.5 Å². The summed E-state index contributed by atoms with van der Waals surface area (Å²) in [4.78, 5) is 23.3. The van der Waals surface area contributed by atoms with Gasteiger partial charge in [0, 0.05) is 76.2 Å². The van der Waals surface area contributed by atoms with E-state index in [1.54, 1.807) is 6.92 Å². The summed E-state index contributed by atoms with van der Waals surface area (Å²) in [5, 5.41) is 0. The van der Waals surface area contributed by atoms with E-state index in [1.165, 1.54) is 0 Å². The summed E-state index contributed by atoms with van der Waals surface area (Å²) >= 11 is 4.74. The molecule has 0 aliphatic carbocycles. The Morgan fingerprint density at radius 2 is 0.978 bits per heavy atom. The Morgan fingerprint density at radius 3 is 1.31 bits per heavy atom. The molecule has 10 heteroatoms. The molecule has 1 aromatic carbocycles. The van der Waals surface area contributed by atoms with Crippen molar-refractivity contribution in [3.05, 3.63) is 151 Å². The van der Waals surface area contributed by atoms with Crippen LogP contribution in [0.15, 0.2) is 116 Å². The zero-order valence-electron chi connectivity index (χ0n) is 25.6. The Bertz CT molecular complexity index is 1410. The molecular formula is C35H40I2N7V-. The van der Waals surface area contributed by atoms with Gasteiger partial charge in [-0.15, -0.1) is 0 Å². The maximum atomic E-state index is 5.75. The van der Waals surface area contributed by atoms with E-state index in [0.29, 0.717) is 16.0 Å². The van der Waals surface area contributed by atoms with Crippen molar-refractivity contribution < 1.29 is 9.47 Å². The van der Waals surface area contributed by atoms with Crippen LogP contribution in [0.2, 0.25) is 0 Å². The van der Waals surface area contributed by atoms with Gasteiger partial charge in [0.1, 0.15) is 0 Å². The summed E-state index contributed by atoms with van der Waals surface area (Å²) in [5.41, 5.74) is 13.3. The van der Waals surface area contributed by atoms with Gasteiger partial charge in [0.15, 0.2) is 0 Å². The summed E-state index contributed by atoms with van der Waals surface area (Å²) in [7, 11) is 0.628. The molecule has 0 aliphatic heterocycles. The Morgan fingerprint density at radius 1 is 0.578 bits per heavy atom. The molecule has 5 rings (SSSR count). The van der Waals surface area contributed by atoms with Crippen LogP contribution in [0.4, 0.5) is 0 Å². The zero-order chi connectivity index (χ0) is 32.1. The predicted octanol–water partition coefficient (Wildman–Crippen LogP) is 7.71. The minimum atomic E-state index is 0.546. The molecule has 0 bridgehead atoms. The molecule has 7 nitrogen and oxygen atoms in total. The molecule has 4 aromatic heterocycles. The van der Waals surface area contributed by atoms with Crippen LogP contribution in [0.25, 0.3) is 11.1 Å². The topological polar surface area (TPSA) is 84.1 Å². The first-order chi connectivity index (χ1) is 22.2. The summed E-state index contributed by atoms with van der Waals surface area (Å²) in [6.45, 7) is 10.2. The van der Waals surface area contributed by atoms with Crippen LogP contribution in [0.5, 0.6) is 0 Å². The molecule has 0 radical (unpaired) electrons. The van der Waals surface area contributed by atoms with Crippen LogP contribution in [-0.4, -0.2) is 42.8 Å². The van der Waals surface area contributed by atoms with Gasteiger partial charge in [-0.05, 0) is 53.6 Å². The van der Waals surface area contributed by atoms with Crippen molar-refractivity contribution in [3.8, 4) is 11.1 Å². The second-order valence-electron chi connectivity index (χ2n) is 9.89. The third-order valence-corrected chi connectivity index (χ3v) is 6.80. The summed E-state index contributed by atoms with van der Waals surface area (Å²) in [6, 6.07) is 30.8. The van der Waals surface area contributed by atoms with Crippen molar-refractivity contribution in [2.24, 2.45) is 5.73 Å². The molecule has 0 saturated heterocycles. The predicted molar refractivity (Wildman–Crippen MR) is 198 cm³/mol. The molecular weight excluding hydrogens is 823 g/mol. The number of nitrogens with zero attached hydrogens (tertiary/aromatic N) is 6. The zero-order valence-corrected chi connectivity index (χ0v) is 31.3. The van der Waals surface area contributed by atoms with E-state index < -0.39 is 0 Å². The van der Waals surface area contributed by atoms with Gasteiger partial charge in [0.05, 0.1) is 22.8 Å². The van der Waals surface area contributed by atoms with Gasteiger partial charge in [0.2, 0.25) is 0 Å². The number of nitrogens with two attached hydrogens (primary N) is 1. The minimum absolute atomic E-state index is 0.546. The van der Waals surface area contributed by atoms with E-state index in [0.717, 1.165) is 78.7 Å². The first kappa shape index (κ1) is 37.2. The monoisotopic (exact) mass is 863 g/mol. The van der Waals surface area contributed by atoms with Crippen LogP contribution >= 0.6 is 40.0 Å². The number of pyridine rings is 4. The van der Waals surface area contributed by atoms with Crippen LogP contribution < -0.4 is 5.73 Å². The van der Waals surface area contributed by atoms with E-state index in [4.69, 9.17) is 10.7 Å². The first-order valence-corrected chi connectivity index (χ1v) is 23.7. The van der Waals surface area contributed by atoms with Crippen LogP contribution in [0.1, 0.15) is 35.3 Å². The quantitative estimate of drug-likeness (QED) is 0.0960. The van der Waals surface area contributed by atoms with Crippen LogP contribution in [0, 0.1) is 6.92 Å². The average Bonchev–Trinajstić information content (AvgIpc) is 3.10. The van der Waals surface area contributed by atoms with Gasteiger partial charge in [-0.3, -0.25) is 29.7 Å². The normalized spacial score (nSPS) is 10.5. The molecule has 4 heterocycles. The fourth-order valence-corrected chi connectivity index (χ4v) is 4.62. The number of hydrogen-bond acceptors (Lipinski definition) is 7. The molecule has 0 spiro atoms. The summed E-state index contributed by atoms with van der Waals surface area (Å²) in [5.74, 6) is 0. The number of halogens is 2. The number of hydrogen-bond donors (Lipinski definition) is 1. The van der Waals surface area contributed by atoms with E-state index in [-0.39, 0.29) is 0 Å². The number of rotatable bonds is 13. The average molecular weight is 864 g/mol. The second-order valence-corrected chi connectivity index (χ2v) is 21.7. The molecule has 0 aliphatic rings. The molecule has 0 amide bonds. The molecule has 0 atom stereocenters. The van der Waals surface area contributed by atoms with Crippen molar-refractivity contribution in [2.75, 3.05) is 13.1 Å². The van der Waals surface area contributed by atoms with E-state index in [1.807, 2.05) is 61.2 Å². The Balaban J connectivity index is 0.00000104. The van der Waals surface area contributed by atoms with Crippen molar-refractivity contribution in [1.82, 2.24) is 29.7 Å². The van der Waals surface area contributed by atoms with E-state index in [2.05, 4.69) is 126 Å². The molecule has 5 aromatic rings. The van der Waals surface area contributed by atoms with Gasteiger partial charge in [-0.25, -0.2) is 0 Å². The van der Waals surface area contributed by atoms with Gasteiger partial charge in [-0.2, -0.15) is 6.92 Å². The molecule has 0 unspecified atom stereocenters. The Kier molecular flexibility index (Phi) is 18.4. The third-order valence-electron chi connectivity index (χ3n) is 6.80. The summed E-state index contributed by atoms with van der Waals surface area (Å²) in [6.07, 6.45) is 7.51. The van der Waals surface area contributed by atoms with Crippen LogP contribution in [0.3, 0.4) is 0 Å². The van der Waals surface area contributed by atoms with Gasteiger partial charge < -0.3 is 12.7 Å². The van der Waals surface area contributed by atoms with Crippen LogP contribution in [-0.2, 0) is 42.2 Å². The molecule has 45 heavy (non-hydrogen) atoms. The van der Waals surface area contributed by atoms with Crippen molar-refractivity contribution in [1.29, 1.82) is 0 Å². The maximum absolute atomic E-state index is 5.75. The SMILES string of the molecule is NCc1ccc(-c2ccc(CN(CCN(Cc3ccccn3)Cc3ccccn3)Cc3ccccn3)nc2)cc1.[CH2-]C.[I][V][I]. The van der Waals surface area contributed by atoms with Gasteiger partial charge >= 0.3 is 49.4 Å². The molecule has 2 N–H and O–H groups in total. The third kappa shape index (κ3) is 14.0. The van der Waals surface area contributed by atoms with E-state index >= 15 is 0 Å². The molecule has 0 saturated carbocycles. The standard InChI is InChI=1S/C33H35N7.C2H5.2HI.V/c34-21-27-10-12-28(13-11-27)29-14-15-33(38-22-29)26-40(25-32-9-3-6-18-37-32)20-19-39(23-30-7-1-4-16-35-30)24-31-8-2-5-17-36-31;1-2;;;/h1-18,22H,19-21,23-26,34H2;1H2,2H3;2*1H;/q;-1;;;+2/p-2. The van der Waals surface area contributed by atoms with Crippen molar-refractivity contribution in [2.45, 2.75) is 39.6 Å². The first-order valence-electron chi connectivity index (χ1n) is 14.7. The number of benzene rings is 1. The van der Waals surface area contributed by atoms with Crippen molar-refractivity contribution >= 4 is 40.0 Å².